The van der Waals surface area contributed by atoms with Gasteiger partial charge in [-0.1, -0.05) is 49.1 Å². The van der Waals surface area contributed by atoms with Gasteiger partial charge >= 0.3 is 0 Å². The average Bonchev–Trinajstić information content (AvgIpc) is 2.89. The van der Waals surface area contributed by atoms with Crippen LogP contribution in [0, 0.1) is 0 Å². The van der Waals surface area contributed by atoms with Crippen LogP contribution < -0.4 is 24.3 Å². The van der Waals surface area contributed by atoms with Crippen molar-refractivity contribution in [3.05, 3.63) is 96.1 Å². The molecular weight excluding hydrogens is 442 g/mol. The molecule has 0 radical (unpaired) electrons. The number of rotatable bonds is 11. The summed E-state index contributed by atoms with van der Waals surface area (Å²) in [5, 5.41) is 2.86. The van der Waals surface area contributed by atoms with E-state index in [0.29, 0.717) is 29.5 Å². The Balaban J connectivity index is 1.62. The van der Waals surface area contributed by atoms with Crippen molar-refractivity contribution < 1.29 is 23.7 Å². The number of nitrogens with one attached hydrogen (secondary N) is 1. The Labute approximate surface area is 206 Å². The number of ether oxygens (including phenoxy) is 4. The number of anilines is 1. The van der Waals surface area contributed by atoms with E-state index in [0.717, 1.165) is 22.4 Å². The third-order valence-corrected chi connectivity index (χ3v) is 4.99. The molecule has 0 saturated carbocycles. The quantitative estimate of drug-likeness (QED) is 0.208. The van der Waals surface area contributed by atoms with E-state index in [9.17, 15) is 4.79 Å². The smallest absolute Gasteiger partial charge is 0.248 e. The van der Waals surface area contributed by atoms with Crippen molar-refractivity contribution in [1.29, 1.82) is 0 Å². The van der Waals surface area contributed by atoms with Gasteiger partial charge in [0.2, 0.25) is 11.7 Å². The molecule has 35 heavy (non-hydrogen) atoms. The van der Waals surface area contributed by atoms with Crippen LogP contribution in [0.1, 0.15) is 16.7 Å². The first kappa shape index (κ1) is 25.2. The van der Waals surface area contributed by atoms with Crippen molar-refractivity contribution in [2.45, 2.75) is 0 Å². The van der Waals surface area contributed by atoms with Crippen molar-refractivity contribution in [1.82, 2.24) is 0 Å². The molecule has 0 aliphatic carbocycles. The Morgan fingerprint density at radius 1 is 0.829 bits per heavy atom. The minimum Gasteiger partial charge on any atom is -0.493 e. The average molecular weight is 472 g/mol. The second-order valence-electron chi connectivity index (χ2n) is 7.41. The van der Waals surface area contributed by atoms with E-state index < -0.39 is 0 Å². The highest BCUT2D eigenvalue weighted by molar-refractivity contribution is 6.02. The molecule has 0 unspecified atom stereocenters. The fourth-order valence-electron chi connectivity index (χ4n) is 3.29. The van der Waals surface area contributed by atoms with Crippen molar-refractivity contribution in [3.8, 4) is 23.0 Å². The molecule has 180 valence electrons. The summed E-state index contributed by atoms with van der Waals surface area (Å²) in [5.41, 5.74) is 3.45. The van der Waals surface area contributed by atoms with Crippen LogP contribution in [0.4, 0.5) is 5.69 Å². The first-order valence-corrected chi connectivity index (χ1v) is 11.0. The molecule has 3 rings (SSSR count). The van der Waals surface area contributed by atoms with Gasteiger partial charge in [-0.2, -0.15) is 0 Å². The number of carbonyl (C=O) groups excluding carboxylic acids is 1. The van der Waals surface area contributed by atoms with E-state index in [1.807, 2.05) is 72.8 Å². The van der Waals surface area contributed by atoms with Gasteiger partial charge in [0, 0.05) is 11.8 Å². The summed E-state index contributed by atoms with van der Waals surface area (Å²) in [7, 11) is 4.75. The van der Waals surface area contributed by atoms with Gasteiger partial charge in [-0.15, -0.1) is 0 Å². The topological polar surface area (TPSA) is 66.0 Å². The number of amides is 1. The van der Waals surface area contributed by atoms with Crippen LogP contribution in [-0.2, 0) is 4.79 Å². The molecule has 6 heteroatoms. The number of benzene rings is 3. The third-order valence-electron chi connectivity index (χ3n) is 4.99. The third kappa shape index (κ3) is 7.27. The Morgan fingerprint density at radius 3 is 2.14 bits per heavy atom. The molecule has 0 aliphatic heterocycles. The van der Waals surface area contributed by atoms with E-state index in [4.69, 9.17) is 18.9 Å². The van der Waals surface area contributed by atoms with Crippen LogP contribution in [0.5, 0.6) is 23.0 Å². The van der Waals surface area contributed by atoms with Crippen molar-refractivity contribution in [3.63, 3.8) is 0 Å². The molecule has 0 heterocycles. The van der Waals surface area contributed by atoms with Crippen LogP contribution in [0.2, 0.25) is 0 Å². The zero-order valence-corrected chi connectivity index (χ0v) is 20.1. The second-order valence-corrected chi connectivity index (χ2v) is 7.41. The SMILES string of the molecule is C=CCOc1cccc(/C=C/C(=O)Nc2ccc(/C=C/c3cc(OC)c(OC)c(OC)c3)cc2)c1. The van der Waals surface area contributed by atoms with Gasteiger partial charge in [0.1, 0.15) is 12.4 Å². The monoisotopic (exact) mass is 471 g/mol. The van der Waals surface area contributed by atoms with Gasteiger partial charge < -0.3 is 24.3 Å². The summed E-state index contributed by atoms with van der Waals surface area (Å²) < 4.78 is 21.7. The highest BCUT2D eigenvalue weighted by Crippen LogP contribution is 2.38. The summed E-state index contributed by atoms with van der Waals surface area (Å²) in [6, 6.07) is 18.8. The summed E-state index contributed by atoms with van der Waals surface area (Å²) in [6.45, 7) is 4.07. The minimum absolute atomic E-state index is 0.219. The normalized spacial score (nSPS) is 10.8. The van der Waals surface area contributed by atoms with Crippen molar-refractivity contribution in [2.75, 3.05) is 33.3 Å². The number of methoxy groups -OCH3 is 3. The van der Waals surface area contributed by atoms with E-state index in [2.05, 4.69) is 11.9 Å². The van der Waals surface area contributed by atoms with Gasteiger partial charge in [-0.3, -0.25) is 4.79 Å². The Kier molecular flexibility index (Phi) is 9.14. The van der Waals surface area contributed by atoms with Crippen LogP contribution in [0.25, 0.3) is 18.2 Å². The molecule has 0 fully saturated rings. The molecule has 0 bridgehead atoms. The molecule has 3 aromatic rings. The van der Waals surface area contributed by atoms with Crippen LogP contribution in [0.15, 0.2) is 79.4 Å². The van der Waals surface area contributed by atoms with Gasteiger partial charge in [0.25, 0.3) is 0 Å². The zero-order chi connectivity index (χ0) is 25.0. The van der Waals surface area contributed by atoms with Crippen LogP contribution >= 0.6 is 0 Å². The molecule has 0 aromatic heterocycles. The molecular formula is C29H29NO5. The van der Waals surface area contributed by atoms with Gasteiger partial charge in [0.15, 0.2) is 11.5 Å². The molecule has 0 spiro atoms. The van der Waals surface area contributed by atoms with E-state index in [-0.39, 0.29) is 5.91 Å². The lowest BCUT2D eigenvalue weighted by Gasteiger charge is -2.12. The maximum Gasteiger partial charge on any atom is 0.248 e. The maximum absolute atomic E-state index is 12.3. The Hall–Kier alpha value is -4.45. The maximum atomic E-state index is 12.3. The summed E-state index contributed by atoms with van der Waals surface area (Å²) in [6.07, 6.45) is 8.83. The molecule has 3 aromatic carbocycles. The summed E-state index contributed by atoms with van der Waals surface area (Å²) >= 11 is 0. The first-order valence-electron chi connectivity index (χ1n) is 11.0. The van der Waals surface area contributed by atoms with Crippen LogP contribution in [-0.4, -0.2) is 33.8 Å². The van der Waals surface area contributed by atoms with Gasteiger partial charge in [-0.05, 0) is 59.2 Å². The van der Waals surface area contributed by atoms with Gasteiger partial charge in [-0.25, -0.2) is 0 Å². The molecule has 0 atom stereocenters. The standard InChI is InChI=1S/C29H29NO5/c1-5-17-35-25-8-6-7-22(18-25)13-16-28(31)30-24-14-11-21(12-15-24)9-10-23-19-26(32-2)29(34-4)27(20-23)33-3/h5-16,18-20H,1,17H2,2-4H3,(H,30,31)/b10-9+,16-13+. The first-order chi connectivity index (χ1) is 17.1. The fraction of sp³-hybridized carbons (Fsp3) is 0.138. The van der Waals surface area contributed by atoms with Crippen molar-refractivity contribution in [2.24, 2.45) is 0 Å². The molecule has 6 nitrogen and oxygen atoms in total. The van der Waals surface area contributed by atoms with E-state index in [1.165, 1.54) is 6.08 Å². The summed E-state index contributed by atoms with van der Waals surface area (Å²) in [4.78, 5) is 12.3. The Bertz CT molecular complexity index is 1190. The summed E-state index contributed by atoms with van der Waals surface area (Å²) in [5.74, 6) is 2.24. The highest BCUT2D eigenvalue weighted by atomic mass is 16.5. The molecule has 0 saturated heterocycles. The highest BCUT2D eigenvalue weighted by Gasteiger charge is 2.12. The number of hydrogen-bond acceptors (Lipinski definition) is 5. The lowest BCUT2D eigenvalue weighted by molar-refractivity contribution is -0.111. The molecule has 1 amide bonds. The molecule has 0 aliphatic rings. The zero-order valence-electron chi connectivity index (χ0n) is 20.1. The van der Waals surface area contributed by atoms with E-state index >= 15 is 0 Å². The fourth-order valence-corrected chi connectivity index (χ4v) is 3.29. The molecule has 1 N–H and O–H groups in total. The largest absolute Gasteiger partial charge is 0.493 e. The lowest BCUT2D eigenvalue weighted by Crippen LogP contribution is -2.07. The Morgan fingerprint density at radius 2 is 1.51 bits per heavy atom. The van der Waals surface area contributed by atoms with Crippen molar-refractivity contribution >= 4 is 29.8 Å². The number of hydrogen-bond donors (Lipinski definition) is 1. The lowest BCUT2D eigenvalue weighted by atomic mass is 10.1. The second kappa shape index (κ2) is 12.7. The predicted octanol–water partition coefficient (Wildman–Crippen LogP) is 6.10. The van der Waals surface area contributed by atoms with E-state index in [1.54, 1.807) is 33.5 Å². The minimum atomic E-state index is -0.219. The number of carbonyl (C=O) groups is 1. The van der Waals surface area contributed by atoms with Gasteiger partial charge in [0.05, 0.1) is 21.3 Å². The predicted molar refractivity (Wildman–Crippen MR) is 141 cm³/mol. The van der Waals surface area contributed by atoms with Crippen LogP contribution in [0.3, 0.4) is 0 Å².